The first-order valence-electron chi connectivity index (χ1n) is 6.95. The molecule has 1 heterocycles. The van der Waals surface area contributed by atoms with Crippen molar-refractivity contribution >= 4 is 11.7 Å². The second-order valence-corrected chi connectivity index (χ2v) is 5.29. The van der Waals surface area contributed by atoms with Crippen molar-refractivity contribution < 1.29 is 9.53 Å². The number of carbonyl (C=O) groups is 1. The number of rotatable bonds is 5. The molecular formula is C16H21N3O2. The van der Waals surface area contributed by atoms with E-state index in [9.17, 15) is 4.79 Å². The van der Waals surface area contributed by atoms with Gasteiger partial charge in [0.15, 0.2) is 6.04 Å². The van der Waals surface area contributed by atoms with Gasteiger partial charge in [-0.1, -0.05) is 12.1 Å². The molecule has 2 rings (SSSR count). The van der Waals surface area contributed by atoms with Gasteiger partial charge in [-0.25, -0.2) is 9.78 Å². The first kappa shape index (κ1) is 15.1. The summed E-state index contributed by atoms with van der Waals surface area (Å²) in [6.45, 7) is 6.11. The zero-order valence-electron chi connectivity index (χ0n) is 12.8. The number of aromatic nitrogens is 2. The number of esters is 1. The van der Waals surface area contributed by atoms with Crippen LogP contribution in [0.3, 0.4) is 0 Å². The van der Waals surface area contributed by atoms with Gasteiger partial charge in [0.1, 0.15) is 0 Å². The highest BCUT2D eigenvalue weighted by Gasteiger charge is 2.25. The highest BCUT2D eigenvalue weighted by atomic mass is 16.5. The van der Waals surface area contributed by atoms with Gasteiger partial charge in [0, 0.05) is 11.7 Å². The lowest BCUT2D eigenvalue weighted by Crippen LogP contribution is -2.25. The van der Waals surface area contributed by atoms with Crippen molar-refractivity contribution in [3.05, 3.63) is 48.0 Å². The van der Waals surface area contributed by atoms with Gasteiger partial charge >= 0.3 is 5.97 Å². The van der Waals surface area contributed by atoms with E-state index in [4.69, 9.17) is 4.74 Å². The van der Waals surface area contributed by atoms with Crippen molar-refractivity contribution in [1.29, 1.82) is 0 Å². The first-order valence-corrected chi connectivity index (χ1v) is 6.95. The Bertz CT molecular complexity index is 619. The molecule has 0 bridgehead atoms. The molecule has 0 saturated heterocycles. The minimum absolute atomic E-state index is 0.217. The fourth-order valence-corrected chi connectivity index (χ4v) is 2.24. The van der Waals surface area contributed by atoms with Crippen LogP contribution < -0.4 is 5.32 Å². The van der Waals surface area contributed by atoms with Crippen molar-refractivity contribution in [2.45, 2.75) is 32.9 Å². The van der Waals surface area contributed by atoms with Gasteiger partial charge in [0.2, 0.25) is 0 Å². The van der Waals surface area contributed by atoms with Crippen LogP contribution in [0.5, 0.6) is 0 Å². The first-order chi connectivity index (χ1) is 10.0. The zero-order valence-corrected chi connectivity index (χ0v) is 12.8. The maximum atomic E-state index is 12.1. The van der Waals surface area contributed by atoms with Crippen molar-refractivity contribution in [1.82, 2.24) is 9.55 Å². The summed E-state index contributed by atoms with van der Waals surface area (Å²) in [5.74, 6) is -0.334. The molecule has 1 unspecified atom stereocenters. The van der Waals surface area contributed by atoms with Crippen LogP contribution in [0.4, 0.5) is 5.69 Å². The van der Waals surface area contributed by atoms with Gasteiger partial charge in [-0.15, -0.1) is 0 Å². The summed E-state index contributed by atoms with van der Waals surface area (Å²) in [4.78, 5) is 16.3. The highest BCUT2D eigenvalue weighted by molar-refractivity contribution is 5.80. The van der Waals surface area contributed by atoms with Gasteiger partial charge < -0.3 is 14.6 Å². The molecule has 0 saturated carbocycles. The van der Waals surface area contributed by atoms with E-state index in [2.05, 4.69) is 10.3 Å². The number of methoxy groups -OCH3 is 1. The van der Waals surface area contributed by atoms with Crippen molar-refractivity contribution in [2.75, 3.05) is 12.4 Å². The Morgan fingerprint density at radius 2 is 2.14 bits per heavy atom. The third-order valence-electron chi connectivity index (χ3n) is 3.31. The van der Waals surface area contributed by atoms with E-state index in [1.165, 1.54) is 7.11 Å². The third kappa shape index (κ3) is 3.42. The average molecular weight is 287 g/mol. The van der Waals surface area contributed by atoms with E-state index >= 15 is 0 Å². The Morgan fingerprint density at radius 1 is 1.38 bits per heavy atom. The summed E-state index contributed by atoms with van der Waals surface area (Å²) in [5.41, 5.74) is 2.79. The Hall–Kier alpha value is -2.30. The van der Waals surface area contributed by atoms with E-state index in [1.807, 2.05) is 49.6 Å². The summed E-state index contributed by atoms with van der Waals surface area (Å²) in [6.07, 6.45) is 3.43. The summed E-state index contributed by atoms with van der Waals surface area (Å²) >= 11 is 0. The third-order valence-corrected chi connectivity index (χ3v) is 3.31. The molecule has 1 N–H and O–H groups in total. The lowest BCUT2D eigenvalue weighted by molar-refractivity contribution is -0.141. The standard InChI is InChI=1S/C16H21N3O2/c1-11(2)19-10-17-9-14(19)15(16(20)21-4)18-13-7-5-6-12(3)8-13/h5-11,15,18H,1-4H3. The number of carbonyl (C=O) groups excluding carboxylic acids is 1. The lowest BCUT2D eigenvalue weighted by atomic mass is 10.1. The predicted octanol–water partition coefficient (Wildman–Crippen LogP) is 3.10. The maximum absolute atomic E-state index is 12.1. The maximum Gasteiger partial charge on any atom is 0.334 e. The van der Waals surface area contributed by atoms with Crippen LogP contribution in [0.15, 0.2) is 36.8 Å². The van der Waals surface area contributed by atoms with Crippen LogP contribution in [0.25, 0.3) is 0 Å². The Kier molecular flexibility index (Phi) is 4.62. The molecule has 1 aromatic heterocycles. The number of imidazole rings is 1. The number of benzene rings is 1. The van der Waals surface area contributed by atoms with E-state index in [0.29, 0.717) is 0 Å². The molecule has 2 aromatic rings. The number of hydrogen-bond acceptors (Lipinski definition) is 4. The van der Waals surface area contributed by atoms with E-state index in [-0.39, 0.29) is 12.0 Å². The van der Waals surface area contributed by atoms with Crippen molar-refractivity contribution in [3.63, 3.8) is 0 Å². The van der Waals surface area contributed by atoms with E-state index < -0.39 is 6.04 Å². The van der Waals surface area contributed by atoms with Gasteiger partial charge in [-0.3, -0.25) is 0 Å². The molecule has 21 heavy (non-hydrogen) atoms. The molecule has 1 atom stereocenters. The van der Waals surface area contributed by atoms with Crippen molar-refractivity contribution in [3.8, 4) is 0 Å². The summed E-state index contributed by atoms with van der Waals surface area (Å²) in [5, 5.41) is 3.23. The minimum atomic E-state index is -0.582. The summed E-state index contributed by atoms with van der Waals surface area (Å²) in [7, 11) is 1.39. The predicted molar refractivity (Wildman–Crippen MR) is 82.2 cm³/mol. The monoisotopic (exact) mass is 287 g/mol. The Balaban J connectivity index is 2.35. The van der Waals surface area contributed by atoms with Crippen LogP contribution in [0, 0.1) is 6.92 Å². The second kappa shape index (κ2) is 6.43. The van der Waals surface area contributed by atoms with E-state index in [1.54, 1.807) is 12.5 Å². The SMILES string of the molecule is COC(=O)C(Nc1cccc(C)c1)c1cncn1C(C)C. The van der Waals surface area contributed by atoms with Crippen LogP contribution in [-0.2, 0) is 9.53 Å². The van der Waals surface area contributed by atoms with Gasteiger partial charge in [-0.05, 0) is 38.5 Å². The highest BCUT2D eigenvalue weighted by Crippen LogP contribution is 2.23. The average Bonchev–Trinajstić information content (AvgIpc) is 2.93. The zero-order chi connectivity index (χ0) is 15.4. The van der Waals surface area contributed by atoms with Crippen LogP contribution in [-0.4, -0.2) is 22.6 Å². The fourth-order valence-electron chi connectivity index (χ4n) is 2.24. The second-order valence-electron chi connectivity index (χ2n) is 5.29. The molecule has 0 aliphatic heterocycles. The fraction of sp³-hybridized carbons (Fsp3) is 0.375. The van der Waals surface area contributed by atoms with Gasteiger partial charge in [0.25, 0.3) is 0 Å². The molecule has 0 aliphatic rings. The largest absolute Gasteiger partial charge is 0.467 e. The summed E-state index contributed by atoms with van der Waals surface area (Å²) in [6, 6.07) is 7.52. The number of hydrogen-bond donors (Lipinski definition) is 1. The molecule has 0 fully saturated rings. The number of nitrogens with zero attached hydrogens (tertiary/aromatic N) is 2. The van der Waals surface area contributed by atoms with Crippen LogP contribution >= 0.6 is 0 Å². The smallest absolute Gasteiger partial charge is 0.334 e. The Morgan fingerprint density at radius 3 is 2.76 bits per heavy atom. The topological polar surface area (TPSA) is 56.1 Å². The molecule has 0 spiro atoms. The quantitative estimate of drug-likeness (QED) is 0.859. The number of anilines is 1. The number of ether oxygens (including phenoxy) is 1. The normalized spacial score (nSPS) is 12.2. The molecule has 5 nitrogen and oxygen atoms in total. The molecule has 0 radical (unpaired) electrons. The van der Waals surface area contributed by atoms with E-state index in [0.717, 1.165) is 16.9 Å². The molecule has 5 heteroatoms. The van der Waals surface area contributed by atoms with Gasteiger partial charge in [-0.2, -0.15) is 0 Å². The number of nitrogens with one attached hydrogen (secondary N) is 1. The van der Waals surface area contributed by atoms with Crippen LogP contribution in [0.2, 0.25) is 0 Å². The minimum Gasteiger partial charge on any atom is -0.467 e. The molecule has 1 aromatic carbocycles. The molecule has 0 aliphatic carbocycles. The van der Waals surface area contributed by atoms with Crippen LogP contribution in [0.1, 0.15) is 37.2 Å². The molecular weight excluding hydrogens is 266 g/mol. The van der Waals surface area contributed by atoms with Gasteiger partial charge in [0.05, 0.1) is 25.3 Å². The summed E-state index contributed by atoms with van der Waals surface area (Å²) < 4.78 is 6.89. The van der Waals surface area contributed by atoms with Crippen molar-refractivity contribution in [2.24, 2.45) is 0 Å². The lowest BCUT2D eigenvalue weighted by Gasteiger charge is -2.21. The molecule has 0 amide bonds. The molecule has 112 valence electrons. The Labute approximate surface area is 125 Å². The number of aryl methyl sites for hydroxylation is 1.